The van der Waals surface area contributed by atoms with Crippen molar-refractivity contribution < 1.29 is 9.53 Å². The molecule has 1 saturated carbocycles. The molecule has 1 atom stereocenters. The van der Waals surface area contributed by atoms with Crippen molar-refractivity contribution in [3.05, 3.63) is 33.0 Å². The quantitative estimate of drug-likeness (QED) is 0.463. The summed E-state index contributed by atoms with van der Waals surface area (Å²) in [6, 6.07) is 3.05. The Kier molecular flexibility index (Phi) is 6.37. The van der Waals surface area contributed by atoms with Crippen molar-refractivity contribution in [2.24, 2.45) is 0 Å². The van der Waals surface area contributed by atoms with Gasteiger partial charge in [-0.05, 0) is 37.8 Å². The molecule has 0 bridgehead atoms. The van der Waals surface area contributed by atoms with E-state index in [1.807, 2.05) is 0 Å². The van der Waals surface area contributed by atoms with Crippen molar-refractivity contribution in [1.29, 1.82) is 0 Å². The van der Waals surface area contributed by atoms with E-state index in [0.717, 1.165) is 49.8 Å². The summed E-state index contributed by atoms with van der Waals surface area (Å²) < 4.78 is 7.89. The topological polar surface area (TPSA) is 69.0 Å². The highest BCUT2D eigenvalue weighted by molar-refractivity contribution is 7.99. The maximum absolute atomic E-state index is 12.4. The Bertz CT molecular complexity index is 882. The molecule has 4 rings (SSSR count). The lowest BCUT2D eigenvalue weighted by Crippen LogP contribution is -2.19. The number of carbonyl (C=O) groups excluding carboxylic acids is 1. The van der Waals surface area contributed by atoms with E-state index in [-0.39, 0.29) is 17.8 Å². The van der Waals surface area contributed by atoms with Crippen LogP contribution in [0.3, 0.4) is 0 Å². The molecule has 1 aliphatic carbocycles. The molecular formula is C18H19Cl3N4O2S. The number of hydrogen-bond donors (Lipinski definition) is 1. The highest BCUT2D eigenvalue weighted by atomic mass is 35.5. The molecule has 1 amide bonds. The van der Waals surface area contributed by atoms with Gasteiger partial charge in [0.1, 0.15) is 5.82 Å². The average Bonchev–Trinajstić information content (AvgIpc) is 3.22. The van der Waals surface area contributed by atoms with Gasteiger partial charge in [-0.15, -0.1) is 10.2 Å². The Morgan fingerprint density at radius 3 is 2.68 bits per heavy atom. The van der Waals surface area contributed by atoms with Gasteiger partial charge >= 0.3 is 0 Å². The summed E-state index contributed by atoms with van der Waals surface area (Å²) in [5.74, 6) is 1.47. The zero-order valence-electron chi connectivity index (χ0n) is 15.0. The van der Waals surface area contributed by atoms with Crippen LogP contribution in [0.5, 0.6) is 0 Å². The van der Waals surface area contributed by atoms with E-state index >= 15 is 0 Å². The fraction of sp³-hybridized carbons (Fsp3) is 0.500. The molecule has 6 nitrogen and oxygen atoms in total. The molecule has 2 fully saturated rings. The van der Waals surface area contributed by atoms with E-state index in [1.165, 1.54) is 17.8 Å². The van der Waals surface area contributed by atoms with Crippen LogP contribution in [0.25, 0.3) is 0 Å². The summed E-state index contributed by atoms with van der Waals surface area (Å²) in [6.07, 6.45) is 4.61. The van der Waals surface area contributed by atoms with E-state index in [1.54, 1.807) is 6.07 Å². The third-order valence-electron chi connectivity index (χ3n) is 4.71. The third-order valence-corrected chi connectivity index (χ3v) is 6.72. The van der Waals surface area contributed by atoms with Gasteiger partial charge in [-0.3, -0.25) is 4.79 Å². The SMILES string of the molecule is O=C(CSc1nnc(C2CC2)n1CC1CCCO1)Nc1cc(Cl)c(Cl)cc1Cl. The Morgan fingerprint density at radius 1 is 1.18 bits per heavy atom. The van der Waals surface area contributed by atoms with Crippen LogP contribution in [0, 0.1) is 0 Å². The van der Waals surface area contributed by atoms with Crippen LogP contribution in [-0.4, -0.2) is 39.1 Å². The smallest absolute Gasteiger partial charge is 0.234 e. The number of aromatic nitrogens is 3. The minimum atomic E-state index is -0.204. The second-order valence-corrected chi connectivity index (χ2v) is 9.11. The number of thioether (sulfide) groups is 1. The lowest BCUT2D eigenvalue weighted by Gasteiger charge is -2.14. The van der Waals surface area contributed by atoms with Crippen LogP contribution >= 0.6 is 46.6 Å². The van der Waals surface area contributed by atoms with Gasteiger partial charge in [-0.25, -0.2) is 0 Å². The summed E-state index contributed by atoms with van der Waals surface area (Å²) in [4.78, 5) is 12.4. The largest absolute Gasteiger partial charge is 0.376 e. The first-order valence-electron chi connectivity index (χ1n) is 9.13. The van der Waals surface area contributed by atoms with Crippen molar-refractivity contribution >= 4 is 58.2 Å². The number of hydrogen-bond acceptors (Lipinski definition) is 5. The maximum atomic E-state index is 12.4. The number of ether oxygens (including phenoxy) is 1. The normalized spacial score (nSPS) is 19.2. The predicted octanol–water partition coefficient (Wildman–Crippen LogP) is 5.03. The Hall–Kier alpha value is -0.990. The van der Waals surface area contributed by atoms with Crippen LogP contribution in [0.15, 0.2) is 17.3 Å². The van der Waals surface area contributed by atoms with Gasteiger partial charge in [0.15, 0.2) is 5.16 Å². The number of halogens is 3. The molecule has 2 aromatic rings. The highest BCUT2D eigenvalue weighted by Crippen LogP contribution is 2.40. The second kappa shape index (κ2) is 8.79. The second-order valence-electron chi connectivity index (χ2n) is 6.94. The number of nitrogens with one attached hydrogen (secondary N) is 1. The summed E-state index contributed by atoms with van der Waals surface area (Å²) >= 11 is 19.4. The molecule has 1 aromatic heterocycles. The minimum Gasteiger partial charge on any atom is -0.376 e. The van der Waals surface area contributed by atoms with Crippen LogP contribution in [-0.2, 0) is 16.1 Å². The van der Waals surface area contributed by atoms with Gasteiger partial charge in [-0.1, -0.05) is 46.6 Å². The van der Waals surface area contributed by atoms with E-state index in [0.29, 0.717) is 26.7 Å². The molecule has 150 valence electrons. The number of anilines is 1. The number of benzene rings is 1. The van der Waals surface area contributed by atoms with E-state index in [4.69, 9.17) is 39.5 Å². The highest BCUT2D eigenvalue weighted by Gasteiger charge is 2.32. The van der Waals surface area contributed by atoms with Gasteiger partial charge < -0.3 is 14.6 Å². The molecule has 2 heterocycles. The minimum absolute atomic E-state index is 0.185. The van der Waals surface area contributed by atoms with E-state index in [9.17, 15) is 4.79 Å². The average molecular weight is 462 g/mol. The van der Waals surface area contributed by atoms with Crippen LogP contribution in [0.4, 0.5) is 5.69 Å². The monoisotopic (exact) mass is 460 g/mol. The van der Waals surface area contributed by atoms with Crippen molar-refractivity contribution in [3.8, 4) is 0 Å². The van der Waals surface area contributed by atoms with Crippen molar-refractivity contribution in [2.45, 2.75) is 49.4 Å². The summed E-state index contributed by atoms with van der Waals surface area (Å²) in [6.45, 7) is 1.54. The Morgan fingerprint density at radius 2 is 1.96 bits per heavy atom. The van der Waals surface area contributed by atoms with Crippen molar-refractivity contribution in [2.75, 3.05) is 17.7 Å². The van der Waals surface area contributed by atoms with Gasteiger partial charge in [0.2, 0.25) is 5.91 Å². The first-order chi connectivity index (χ1) is 13.5. The molecule has 1 N–H and O–H groups in total. The zero-order valence-corrected chi connectivity index (χ0v) is 18.0. The maximum Gasteiger partial charge on any atom is 0.234 e. The fourth-order valence-corrected chi connectivity index (χ4v) is 4.50. The fourth-order valence-electron chi connectivity index (χ4n) is 3.15. The van der Waals surface area contributed by atoms with E-state index in [2.05, 4.69) is 20.1 Å². The standard InChI is InChI=1S/C18H19Cl3N4O2S/c19-12-6-14(21)15(7-13(12)20)22-16(26)9-28-18-24-23-17(10-3-4-10)25(18)8-11-2-1-5-27-11/h6-7,10-11H,1-5,8-9H2,(H,22,26). The molecule has 1 aliphatic heterocycles. The molecule has 0 radical (unpaired) electrons. The summed E-state index contributed by atoms with van der Waals surface area (Å²) in [5.41, 5.74) is 0.432. The van der Waals surface area contributed by atoms with E-state index < -0.39 is 0 Å². The molecule has 1 saturated heterocycles. The number of rotatable bonds is 7. The molecule has 2 aliphatic rings. The Labute approximate surface area is 182 Å². The third kappa shape index (κ3) is 4.76. The summed E-state index contributed by atoms with van der Waals surface area (Å²) in [5, 5.41) is 13.2. The molecule has 1 aromatic carbocycles. The first-order valence-corrected chi connectivity index (χ1v) is 11.2. The van der Waals surface area contributed by atoms with Crippen LogP contribution in [0.2, 0.25) is 15.1 Å². The Balaban J connectivity index is 1.41. The molecule has 1 unspecified atom stereocenters. The molecule has 28 heavy (non-hydrogen) atoms. The predicted molar refractivity (Wildman–Crippen MR) is 112 cm³/mol. The number of amides is 1. The lowest BCUT2D eigenvalue weighted by atomic mass is 10.2. The molecule has 10 heteroatoms. The van der Waals surface area contributed by atoms with Gasteiger partial charge in [0, 0.05) is 12.5 Å². The van der Waals surface area contributed by atoms with Gasteiger partial charge in [0.25, 0.3) is 0 Å². The number of nitrogens with zero attached hydrogens (tertiary/aromatic N) is 3. The van der Waals surface area contributed by atoms with Crippen molar-refractivity contribution in [3.63, 3.8) is 0 Å². The van der Waals surface area contributed by atoms with Gasteiger partial charge in [0.05, 0.1) is 39.2 Å². The summed E-state index contributed by atoms with van der Waals surface area (Å²) in [7, 11) is 0. The molecule has 0 spiro atoms. The number of carbonyl (C=O) groups is 1. The van der Waals surface area contributed by atoms with Gasteiger partial charge in [-0.2, -0.15) is 0 Å². The first kappa shape index (κ1) is 20.3. The zero-order chi connectivity index (χ0) is 19.7. The van der Waals surface area contributed by atoms with Crippen LogP contribution in [0.1, 0.15) is 37.4 Å². The lowest BCUT2D eigenvalue weighted by molar-refractivity contribution is -0.113. The van der Waals surface area contributed by atoms with Crippen LogP contribution < -0.4 is 5.32 Å². The molecular weight excluding hydrogens is 443 g/mol. The van der Waals surface area contributed by atoms with Crippen molar-refractivity contribution in [1.82, 2.24) is 14.8 Å².